The van der Waals surface area contributed by atoms with Crippen molar-refractivity contribution in [3.05, 3.63) is 121 Å². The van der Waals surface area contributed by atoms with Gasteiger partial charge in [-0.2, -0.15) is 0 Å². The molecule has 2 heterocycles. The molecule has 1 unspecified atom stereocenters. The average Bonchev–Trinajstić information content (AvgIpc) is 3.41. The summed E-state index contributed by atoms with van der Waals surface area (Å²) in [4.78, 5) is 55.8. The predicted octanol–water partition coefficient (Wildman–Crippen LogP) is 5.82. The van der Waals surface area contributed by atoms with Gasteiger partial charge in [0, 0.05) is 30.8 Å². The van der Waals surface area contributed by atoms with E-state index in [1.54, 1.807) is 48.9 Å². The Labute approximate surface area is 268 Å². The number of pyridine rings is 1. The Morgan fingerprint density at radius 1 is 1.02 bits per heavy atom. The van der Waals surface area contributed by atoms with E-state index in [-0.39, 0.29) is 30.2 Å². The summed E-state index contributed by atoms with van der Waals surface area (Å²) < 4.78 is 6.85. The predicted molar refractivity (Wildman–Crippen MR) is 174 cm³/mol. The zero-order chi connectivity index (χ0) is 32.4. The van der Waals surface area contributed by atoms with Crippen molar-refractivity contribution in [2.24, 2.45) is 4.99 Å². The molecule has 1 aliphatic heterocycles. The normalized spacial score (nSPS) is 14.9. The summed E-state index contributed by atoms with van der Waals surface area (Å²) in [5.74, 6) is -1.34. The number of aromatic carboxylic acids is 1. The number of fused-ring (bicyclic) bond motifs is 1. The highest BCUT2D eigenvalue weighted by Gasteiger charge is 2.26. The number of rotatable bonds is 10. The van der Waals surface area contributed by atoms with E-state index >= 15 is 0 Å². The maximum absolute atomic E-state index is 13.2. The van der Waals surface area contributed by atoms with Gasteiger partial charge in [0.05, 0.1) is 40.3 Å². The number of ketones is 1. The van der Waals surface area contributed by atoms with E-state index in [9.17, 15) is 24.3 Å². The highest BCUT2D eigenvalue weighted by molar-refractivity contribution is 6.42. The summed E-state index contributed by atoms with van der Waals surface area (Å²) in [7, 11) is 1.59. The van der Waals surface area contributed by atoms with Crippen molar-refractivity contribution in [3.8, 4) is 5.75 Å². The van der Waals surface area contributed by atoms with Gasteiger partial charge in [-0.1, -0.05) is 47.5 Å². The van der Waals surface area contributed by atoms with Crippen LogP contribution in [0.3, 0.4) is 0 Å². The highest BCUT2D eigenvalue weighted by Crippen LogP contribution is 2.33. The van der Waals surface area contributed by atoms with E-state index in [1.165, 1.54) is 18.5 Å². The molecule has 0 spiro atoms. The van der Waals surface area contributed by atoms with E-state index in [1.807, 2.05) is 31.2 Å². The van der Waals surface area contributed by atoms with Crippen molar-refractivity contribution in [3.63, 3.8) is 0 Å². The van der Waals surface area contributed by atoms with Crippen LogP contribution >= 0.6 is 23.2 Å². The van der Waals surface area contributed by atoms with Gasteiger partial charge in [0.1, 0.15) is 11.3 Å². The molecule has 4 aromatic rings. The number of ether oxygens (including phenoxy) is 1. The minimum atomic E-state index is -1.36. The molecule has 5 rings (SSSR count). The second-order valence-corrected chi connectivity index (χ2v) is 11.6. The first kappa shape index (κ1) is 31.7. The lowest BCUT2D eigenvalue weighted by atomic mass is 9.98. The van der Waals surface area contributed by atoms with Gasteiger partial charge in [0.2, 0.25) is 5.43 Å². The quantitative estimate of drug-likeness (QED) is 0.224. The van der Waals surface area contributed by atoms with Crippen LogP contribution in [0.25, 0.3) is 10.9 Å². The maximum atomic E-state index is 13.2. The van der Waals surface area contributed by atoms with Crippen molar-refractivity contribution in [2.45, 2.75) is 38.9 Å². The van der Waals surface area contributed by atoms with Crippen LogP contribution in [-0.2, 0) is 22.6 Å². The van der Waals surface area contributed by atoms with Crippen LogP contribution in [0.2, 0.25) is 10.0 Å². The Kier molecular flexibility index (Phi) is 9.22. The number of methoxy groups -OCH3 is 1. The van der Waals surface area contributed by atoms with Gasteiger partial charge >= 0.3 is 5.97 Å². The van der Waals surface area contributed by atoms with E-state index in [0.29, 0.717) is 26.7 Å². The average molecular weight is 647 g/mol. The lowest BCUT2D eigenvalue weighted by molar-refractivity contribution is -0.125. The van der Waals surface area contributed by atoms with Crippen LogP contribution in [0, 0.1) is 0 Å². The lowest BCUT2D eigenvalue weighted by Crippen LogP contribution is -2.40. The molecule has 2 N–H and O–H groups in total. The smallest absolute Gasteiger partial charge is 0.341 e. The maximum Gasteiger partial charge on any atom is 0.341 e. The molecule has 3 aromatic carbocycles. The Morgan fingerprint density at radius 3 is 2.40 bits per heavy atom. The van der Waals surface area contributed by atoms with Gasteiger partial charge in [0.25, 0.3) is 5.91 Å². The van der Waals surface area contributed by atoms with Crippen LogP contribution in [-0.4, -0.2) is 46.7 Å². The summed E-state index contributed by atoms with van der Waals surface area (Å²) in [5.41, 5.74) is 2.75. The van der Waals surface area contributed by atoms with Crippen molar-refractivity contribution >= 4 is 58.0 Å². The van der Waals surface area contributed by atoms with E-state index in [4.69, 9.17) is 27.9 Å². The van der Waals surface area contributed by atoms with E-state index in [0.717, 1.165) is 22.4 Å². The number of carboxylic acid groups (broad SMARTS) is 1. The largest absolute Gasteiger partial charge is 0.497 e. The van der Waals surface area contributed by atoms with E-state index < -0.39 is 28.9 Å². The number of carboxylic acids is 1. The molecule has 11 heteroatoms. The Hall–Kier alpha value is -4.73. The van der Waals surface area contributed by atoms with Crippen molar-refractivity contribution in [1.29, 1.82) is 0 Å². The second-order valence-electron chi connectivity index (χ2n) is 10.8. The number of carbonyl (C=O) groups excluding carboxylic acids is 2. The van der Waals surface area contributed by atoms with E-state index in [2.05, 4.69) is 10.3 Å². The summed E-state index contributed by atoms with van der Waals surface area (Å²) in [6, 6.07) is 16.3. The van der Waals surface area contributed by atoms with Crippen molar-refractivity contribution < 1.29 is 24.2 Å². The Morgan fingerprint density at radius 2 is 1.73 bits per heavy atom. The number of hydrogen-bond donors (Lipinski definition) is 2. The first-order chi connectivity index (χ1) is 21.5. The number of nitrogens with one attached hydrogen (secondary N) is 1. The van der Waals surface area contributed by atoms with Gasteiger partial charge in [-0.3, -0.25) is 19.4 Å². The topological polar surface area (TPSA) is 127 Å². The van der Waals surface area contributed by atoms with Gasteiger partial charge in [-0.25, -0.2) is 4.79 Å². The minimum Gasteiger partial charge on any atom is -0.497 e. The van der Waals surface area contributed by atoms with Gasteiger partial charge in [0.15, 0.2) is 5.78 Å². The number of Topliss-reactive ketones (excluding diaryl/α,β-unsaturated/α-hetero) is 1. The first-order valence-corrected chi connectivity index (χ1v) is 14.8. The number of halogens is 2. The molecular weight excluding hydrogens is 617 g/mol. The molecular formula is C34H29Cl2N3O6. The monoisotopic (exact) mass is 645 g/mol. The van der Waals surface area contributed by atoms with Crippen LogP contribution in [0.15, 0.2) is 87.8 Å². The standard InChI is InChI=1S/C34H29Cl2N3O6/c1-18-25(15-37-31(18)22-6-8-23(45-3)9-7-22)33(42)38-19(2)30(40)14-20-5-11-29-24(12-20)32(41)26(34(43)44)17-39(29)16-21-4-10-27(35)28(36)13-21/h4-13,15,17,19,31H,14,16H2,1-3H3,(H,38,42)(H,43,44)/t19-,31?/m0/s1. The third-order valence-corrected chi connectivity index (χ3v) is 8.52. The number of aliphatic imine (C=N–C) groups is 1. The highest BCUT2D eigenvalue weighted by atomic mass is 35.5. The zero-order valence-corrected chi connectivity index (χ0v) is 26.1. The molecule has 2 atom stereocenters. The first-order valence-electron chi connectivity index (χ1n) is 14.0. The van der Waals surface area contributed by atoms with Crippen LogP contribution in [0.5, 0.6) is 5.75 Å². The zero-order valence-electron chi connectivity index (χ0n) is 24.6. The summed E-state index contributed by atoms with van der Waals surface area (Å²) >= 11 is 12.2. The number of benzene rings is 3. The fourth-order valence-corrected chi connectivity index (χ4v) is 5.57. The molecule has 230 valence electrons. The SMILES string of the molecule is COc1ccc(C2N=CC(C(=O)N[C@@H](C)C(=O)Cc3ccc4c(c3)c(=O)c(C(=O)O)cn4Cc3ccc(Cl)c(Cl)c3)=C2C)cc1. The molecule has 0 fully saturated rings. The molecule has 1 aromatic heterocycles. The summed E-state index contributed by atoms with van der Waals surface area (Å²) in [6.45, 7) is 3.66. The number of amides is 1. The van der Waals surface area contributed by atoms with Gasteiger partial charge in [-0.05, 0) is 72.5 Å². The summed E-state index contributed by atoms with van der Waals surface area (Å²) in [5, 5.41) is 13.4. The molecule has 0 saturated carbocycles. The molecule has 9 nitrogen and oxygen atoms in total. The summed E-state index contributed by atoms with van der Waals surface area (Å²) in [6.07, 6.45) is 2.73. The van der Waals surface area contributed by atoms with Gasteiger partial charge < -0.3 is 19.7 Å². The molecule has 1 aliphatic rings. The van der Waals surface area contributed by atoms with Crippen LogP contribution < -0.4 is 15.5 Å². The van der Waals surface area contributed by atoms with Crippen molar-refractivity contribution in [1.82, 2.24) is 9.88 Å². The molecule has 0 saturated heterocycles. The molecule has 45 heavy (non-hydrogen) atoms. The van der Waals surface area contributed by atoms with Crippen molar-refractivity contribution in [2.75, 3.05) is 7.11 Å². The third kappa shape index (κ3) is 6.69. The third-order valence-electron chi connectivity index (χ3n) is 7.78. The fraction of sp³-hybridized carbons (Fsp3) is 0.206. The molecule has 0 aliphatic carbocycles. The lowest BCUT2D eigenvalue weighted by Gasteiger charge is -2.16. The molecule has 1 amide bonds. The Bertz CT molecular complexity index is 1960. The van der Waals surface area contributed by atoms with Gasteiger partial charge in [-0.15, -0.1) is 0 Å². The van der Waals surface area contributed by atoms with Crippen LogP contribution in [0.4, 0.5) is 0 Å². The number of aromatic nitrogens is 1. The number of carbonyl (C=O) groups is 3. The number of nitrogens with zero attached hydrogens (tertiary/aromatic N) is 2. The second kappa shape index (κ2) is 13.1. The van der Waals surface area contributed by atoms with Crippen LogP contribution in [0.1, 0.15) is 46.9 Å². The minimum absolute atomic E-state index is 0.0818. The number of hydrogen-bond acceptors (Lipinski definition) is 6. The molecule has 0 bridgehead atoms. The fourth-order valence-electron chi connectivity index (χ4n) is 5.25. The molecule has 0 radical (unpaired) electrons. The Balaban J connectivity index is 1.34.